The average Bonchev–Trinajstić information content (AvgIpc) is 2.21. The van der Waals surface area contributed by atoms with Crippen molar-refractivity contribution in [3.63, 3.8) is 0 Å². The first kappa shape index (κ1) is 13.9. The summed E-state index contributed by atoms with van der Waals surface area (Å²) in [5.74, 6) is 0.517. The maximum Gasteiger partial charge on any atom is 0.150 e. The summed E-state index contributed by atoms with van der Waals surface area (Å²) in [5, 5.41) is 0. The lowest BCUT2D eigenvalue weighted by Crippen LogP contribution is -2.31. The Morgan fingerprint density at radius 3 is 1.93 bits per heavy atom. The summed E-state index contributed by atoms with van der Waals surface area (Å²) >= 11 is 0. The summed E-state index contributed by atoms with van der Waals surface area (Å²) in [5.41, 5.74) is 5.73. The lowest BCUT2D eigenvalue weighted by atomic mass is 9.80. The summed E-state index contributed by atoms with van der Waals surface area (Å²) in [6.45, 7) is 6.43. The van der Waals surface area contributed by atoms with Crippen LogP contribution in [0.4, 0.5) is 0 Å². The topological polar surface area (TPSA) is 60.2 Å². The fourth-order valence-electron chi connectivity index (χ4n) is 1.51. The third kappa shape index (κ3) is 3.96. The fraction of sp³-hybridized carbons (Fsp3) is 1.00. The van der Waals surface area contributed by atoms with Crippen LogP contribution in [0.25, 0.3) is 0 Å². The van der Waals surface area contributed by atoms with E-state index in [0.717, 1.165) is 12.8 Å². The number of sulfone groups is 1. The van der Waals surface area contributed by atoms with Gasteiger partial charge in [0, 0.05) is 5.75 Å². The summed E-state index contributed by atoms with van der Waals surface area (Å²) in [6.07, 6.45) is 2.62. The van der Waals surface area contributed by atoms with Crippen molar-refractivity contribution >= 4 is 9.84 Å². The molecule has 0 radical (unpaired) electrons. The second kappa shape index (κ2) is 5.71. The highest BCUT2D eigenvalue weighted by Crippen LogP contribution is 2.29. The minimum Gasteiger partial charge on any atom is -0.330 e. The molecule has 0 aromatic rings. The molecule has 0 spiro atoms. The molecule has 0 aromatic heterocycles. The van der Waals surface area contributed by atoms with Crippen LogP contribution in [-0.2, 0) is 9.84 Å². The summed E-state index contributed by atoms with van der Waals surface area (Å²) in [6, 6.07) is 0. The van der Waals surface area contributed by atoms with Gasteiger partial charge in [-0.2, -0.15) is 0 Å². The first-order valence-corrected chi connectivity index (χ1v) is 7.18. The van der Waals surface area contributed by atoms with Crippen LogP contribution in [0.1, 0.15) is 40.0 Å². The Kier molecular flexibility index (Phi) is 5.67. The van der Waals surface area contributed by atoms with Gasteiger partial charge in [0.15, 0.2) is 0 Å². The van der Waals surface area contributed by atoms with Crippen LogP contribution >= 0.6 is 0 Å². The predicted molar refractivity (Wildman–Crippen MR) is 61.0 cm³/mol. The molecule has 14 heavy (non-hydrogen) atoms. The quantitative estimate of drug-likeness (QED) is 0.710. The third-order valence-electron chi connectivity index (χ3n) is 3.32. The van der Waals surface area contributed by atoms with Gasteiger partial charge in [0.05, 0.1) is 5.75 Å². The summed E-state index contributed by atoms with van der Waals surface area (Å²) < 4.78 is 22.7. The summed E-state index contributed by atoms with van der Waals surface area (Å²) in [7, 11) is -2.84. The van der Waals surface area contributed by atoms with Crippen molar-refractivity contribution < 1.29 is 8.42 Å². The van der Waals surface area contributed by atoms with Crippen LogP contribution < -0.4 is 5.73 Å². The molecule has 0 bridgehead atoms. The minimum absolute atomic E-state index is 0.0300. The molecular weight excluding hydrogens is 198 g/mol. The van der Waals surface area contributed by atoms with E-state index < -0.39 is 9.84 Å². The van der Waals surface area contributed by atoms with Crippen molar-refractivity contribution in [1.82, 2.24) is 0 Å². The van der Waals surface area contributed by atoms with E-state index in [4.69, 9.17) is 5.73 Å². The predicted octanol–water partition coefficient (Wildman–Crippen LogP) is 1.58. The van der Waals surface area contributed by atoms with Gasteiger partial charge < -0.3 is 5.73 Å². The van der Waals surface area contributed by atoms with Gasteiger partial charge in [-0.15, -0.1) is 0 Å². The van der Waals surface area contributed by atoms with E-state index in [1.165, 1.54) is 0 Å². The molecular formula is C10H23NO2S. The van der Waals surface area contributed by atoms with Gasteiger partial charge in [-0.25, -0.2) is 8.42 Å². The van der Waals surface area contributed by atoms with Crippen molar-refractivity contribution in [2.24, 2.45) is 11.1 Å². The van der Waals surface area contributed by atoms with E-state index in [1.54, 1.807) is 6.92 Å². The standard InChI is InChI=1S/C10H23NO2S/c1-4-10(5-2,9-11)7-8-14(12,13)6-3/h4-9,11H2,1-3H3. The Morgan fingerprint density at radius 2 is 1.64 bits per heavy atom. The molecule has 3 nitrogen and oxygen atoms in total. The largest absolute Gasteiger partial charge is 0.330 e. The van der Waals surface area contributed by atoms with Gasteiger partial charge in [0.1, 0.15) is 9.84 Å². The van der Waals surface area contributed by atoms with Crippen molar-refractivity contribution in [3.05, 3.63) is 0 Å². The Bertz CT molecular complexity index is 235. The van der Waals surface area contributed by atoms with E-state index in [9.17, 15) is 8.42 Å². The first-order valence-electron chi connectivity index (χ1n) is 5.35. The zero-order valence-corrected chi connectivity index (χ0v) is 10.4. The van der Waals surface area contributed by atoms with Gasteiger partial charge in [-0.1, -0.05) is 20.8 Å². The van der Waals surface area contributed by atoms with Crippen molar-refractivity contribution in [1.29, 1.82) is 0 Å². The van der Waals surface area contributed by atoms with Gasteiger partial charge in [0.25, 0.3) is 0 Å². The molecule has 0 atom stereocenters. The van der Waals surface area contributed by atoms with Crippen LogP contribution in [0.15, 0.2) is 0 Å². The second-order valence-electron chi connectivity index (χ2n) is 3.90. The highest BCUT2D eigenvalue weighted by Gasteiger charge is 2.26. The SMILES string of the molecule is CCC(CC)(CN)CCS(=O)(=O)CC. The van der Waals surface area contributed by atoms with E-state index in [2.05, 4.69) is 13.8 Å². The zero-order chi connectivity index (χ0) is 11.2. The highest BCUT2D eigenvalue weighted by molar-refractivity contribution is 7.91. The maximum atomic E-state index is 11.4. The number of hydrogen-bond donors (Lipinski definition) is 1. The molecule has 0 aromatic carbocycles. The van der Waals surface area contributed by atoms with Gasteiger partial charge in [-0.05, 0) is 31.2 Å². The Balaban J connectivity index is 4.34. The van der Waals surface area contributed by atoms with Gasteiger partial charge in [-0.3, -0.25) is 0 Å². The summed E-state index contributed by atoms with van der Waals surface area (Å²) in [4.78, 5) is 0. The van der Waals surface area contributed by atoms with Crippen molar-refractivity contribution in [2.75, 3.05) is 18.1 Å². The number of rotatable bonds is 7. The van der Waals surface area contributed by atoms with E-state index in [1.807, 2.05) is 0 Å². The fourth-order valence-corrected chi connectivity index (χ4v) is 2.54. The molecule has 0 aliphatic rings. The lowest BCUT2D eigenvalue weighted by molar-refractivity contribution is 0.263. The molecule has 0 saturated carbocycles. The Labute approximate surface area is 88.0 Å². The minimum atomic E-state index is -2.84. The van der Waals surface area contributed by atoms with Crippen LogP contribution in [-0.4, -0.2) is 26.5 Å². The second-order valence-corrected chi connectivity index (χ2v) is 6.37. The lowest BCUT2D eigenvalue weighted by Gasteiger charge is -2.29. The monoisotopic (exact) mass is 221 g/mol. The molecule has 0 amide bonds. The van der Waals surface area contributed by atoms with Crippen molar-refractivity contribution in [3.8, 4) is 0 Å². The van der Waals surface area contributed by atoms with E-state index in [-0.39, 0.29) is 16.9 Å². The molecule has 2 N–H and O–H groups in total. The van der Waals surface area contributed by atoms with Crippen molar-refractivity contribution in [2.45, 2.75) is 40.0 Å². The molecule has 0 aliphatic heterocycles. The van der Waals surface area contributed by atoms with Crippen LogP contribution in [0, 0.1) is 5.41 Å². The Hall–Kier alpha value is -0.0900. The molecule has 86 valence electrons. The first-order chi connectivity index (χ1) is 6.45. The third-order valence-corrected chi connectivity index (χ3v) is 5.02. The molecule has 0 saturated heterocycles. The molecule has 0 fully saturated rings. The average molecular weight is 221 g/mol. The van der Waals surface area contributed by atoms with Crippen LogP contribution in [0.2, 0.25) is 0 Å². The number of nitrogens with two attached hydrogens (primary N) is 1. The molecule has 0 heterocycles. The van der Waals surface area contributed by atoms with E-state index >= 15 is 0 Å². The highest BCUT2D eigenvalue weighted by atomic mass is 32.2. The number of hydrogen-bond acceptors (Lipinski definition) is 3. The molecule has 0 aliphatic carbocycles. The zero-order valence-electron chi connectivity index (χ0n) is 9.54. The Morgan fingerprint density at radius 1 is 1.14 bits per heavy atom. The molecule has 4 heteroatoms. The normalized spacial score (nSPS) is 13.1. The van der Waals surface area contributed by atoms with Gasteiger partial charge in [0.2, 0.25) is 0 Å². The van der Waals surface area contributed by atoms with Crippen LogP contribution in [0.5, 0.6) is 0 Å². The van der Waals surface area contributed by atoms with Crippen LogP contribution in [0.3, 0.4) is 0 Å². The maximum absolute atomic E-state index is 11.4. The molecule has 0 unspecified atom stereocenters. The molecule has 0 rings (SSSR count). The smallest absolute Gasteiger partial charge is 0.150 e. The van der Waals surface area contributed by atoms with Gasteiger partial charge >= 0.3 is 0 Å². The van der Waals surface area contributed by atoms with E-state index in [0.29, 0.717) is 13.0 Å².